The monoisotopic (exact) mass is 243 g/mol. The molecule has 0 aromatic carbocycles. The van der Waals surface area contributed by atoms with E-state index in [1.807, 2.05) is 0 Å². The lowest BCUT2D eigenvalue weighted by Crippen LogP contribution is -2.54. The van der Waals surface area contributed by atoms with Crippen molar-refractivity contribution >= 4 is 17.8 Å². The van der Waals surface area contributed by atoms with Crippen molar-refractivity contribution in [3.8, 4) is 0 Å². The zero-order valence-corrected chi connectivity index (χ0v) is 9.97. The maximum Gasteiger partial charge on any atom is 0.327 e. The number of carbonyl (C=O) groups excluding carboxylic acids is 2. The first-order chi connectivity index (χ1) is 7.90. The smallest absolute Gasteiger partial charge is 0.327 e. The number of carboxylic acid groups (broad SMARTS) is 1. The van der Waals surface area contributed by atoms with Gasteiger partial charge in [-0.15, -0.1) is 0 Å². The molecule has 1 heterocycles. The van der Waals surface area contributed by atoms with E-state index in [1.165, 1.54) is 6.92 Å². The van der Waals surface area contributed by atoms with Crippen LogP contribution in [0.3, 0.4) is 0 Å². The molecule has 1 saturated heterocycles. The van der Waals surface area contributed by atoms with Crippen molar-refractivity contribution in [2.75, 3.05) is 33.2 Å². The van der Waals surface area contributed by atoms with Gasteiger partial charge in [0.15, 0.2) is 0 Å². The molecule has 1 rings (SSSR count). The van der Waals surface area contributed by atoms with Crippen molar-refractivity contribution in [3.63, 3.8) is 0 Å². The van der Waals surface area contributed by atoms with Gasteiger partial charge in [-0.1, -0.05) is 0 Å². The Hall–Kier alpha value is -1.63. The van der Waals surface area contributed by atoms with Crippen molar-refractivity contribution in [3.05, 3.63) is 0 Å². The lowest BCUT2D eigenvalue weighted by molar-refractivity contribution is -0.143. The molecule has 0 aromatic rings. The zero-order valence-electron chi connectivity index (χ0n) is 9.97. The van der Waals surface area contributed by atoms with E-state index in [1.54, 1.807) is 16.8 Å². The lowest BCUT2D eigenvalue weighted by atomic mass is 10.2. The Balaban J connectivity index is 2.53. The highest BCUT2D eigenvalue weighted by atomic mass is 16.4. The fourth-order valence-corrected chi connectivity index (χ4v) is 1.65. The minimum absolute atomic E-state index is 0.0387. The van der Waals surface area contributed by atoms with Crippen LogP contribution in [0.5, 0.6) is 0 Å². The van der Waals surface area contributed by atoms with Gasteiger partial charge < -0.3 is 15.3 Å². The Labute approximate surface area is 99.4 Å². The van der Waals surface area contributed by atoms with Crippen LogP contribution in [0.4, 0.5) is 0 Å². The normalized spacial score (nSPS) is 18.9. The SMILES string of the molecule is CC(=O)NC(CN1CCN(C)C(=O)C1)C(=O)O. The van der Waals surface area contributed by atoms with Crippen molar-refractivity contribution in [2.24, 2.45) is 0 Å². The minimum atomic E-state index is -1.09. The van der Waals surface area contributed by atoms with E-state index >= 15 is 0 Å². The van der Waals surface area contributed by atoms with Gasteiger partial charge in [-0.3, -0.25) is 14.5 Å². The third kappa shape index (κ3) is 4.03. The Morgan fingerprint density at radius 3 is 2.59 bits per heavy atom. The number of hydrogen-bond acceptors (Lipinski definition) is 4. The summed E-state index contributed by atoms with van der Waals surface area (Å²) in [5, 5.41) is 11.3. The highest BCUT2D eigenvalue weighted by Crippen LogP contribution is 2.02. The molecule has 0 aliphatic carbocycles. The van der Waals surface area contributed by atoms with Crippen molar-refractivity contribution in [1.29, 1.82) is 0 Å². The van der Waals surface area contributed by atoms with Gasteiger partial charge in [0.25, 0.3) is 0 Å². The number of likely N-dealkylation sites (N-methyl/N-ethyl adjacent to an activating group) is 1. The van der Waals surface area contributed by atoms with Crippen molar-refractivity contribution < 1.29 is 19.5 Å². The largest absolute Gasteiger partial charge is 0.480 e. The second-order valence-corrected chi connectivity index (χ2v) is 4.14. The van der Waals surface area contributed by atoms with Crippen LogP contribution in [0.25, 0.3) is 0 Å². The molecule has 1 aliphatic heterocycles. The first kappa shape index (κ1) is 13.4. The summed E-state index contributed by atoms with van der Waals surface area (Å²) in [6.07, 6.45) is 0. The molecular formula is C10H17N3O4. The number of aliphatic carboxylic acids is 1. The molecular weight excluding hydrogens is 226 g/mol. The topological polar surface area (TPSA) is 90.0 Å². The van der Waals surface area contributed by atoms with E-state index in [-0.39, 0.29) is 19.0 Å². The van der Waals surface area contributed by atoms with Gasteiger partial charge in [-0.05, 0) is 0 Å². The number of amides is 2. The van der Waals surface area contributed by atoms with E-state index < -0.39 is 17.9 Å². The number of nitrogens with one attached hydrogen (secondary N) is 1. The average molecular weight is 243 g/mol. The molecule has 7 nitrogen and oxygen atoms in total. The summed E-state index contributed by atoms with van der Waals surface area (Å²) in [7, 11) is 1.71. The molecule has 1 atom stereocenters. The third-order valence-corrected chi connectivity index (χ3v) is 2.65. The van der Waals surface area contributed by atoms with Gasteiger partial charge >= 0.3 is 5.97 Å². The summed E-state index contributed by atoms with van der Waals surface area (Å²) in [4.78, 5) is 36.5. The highest BCUT2D eigenvalue weighted by Gasteiger charge is 2.26. The summed E-state index contributed by atoms with van der Waals surface area (Å²) in [6.45, 7) is 2.80. The molecule has 1 aliphatic rings. The molecule has 7 heteroatoms. The first-order valence-corrected chi connectivity index (χ1v) is 5.36. The number of piperazine rings is 1. The summed E-state index contributed by atoms with van der Waals surface area (Å²) in [5.41, 5.74) is 0. The van der Waals surface area contributed by atoms with Gasteiger partial charge in [0.05, 0.1) is 6.54 Å². The first-order valence-electron chi connectivity index (χ1n) is 5.36. The van der Waals surface area contributed by atoms with Crippen LogP contribution in [0.15, 0.2) is 0 Å². The molecule has 2 amide bonds. The maximum atomic E-state index is 11.4. The van der Waals surface area contributed by atoms with Crippen molar-refractivity contribution in [1.82, 2.24) is 15.1 Å². The van der Waals surface area contributed by atoms with Crippen LogP contribution in [0, 0.1) is 0 Å². The van der Waals surface area contributed by atoms with Gasteiger partial charge in [-0.2, -0.15) is 0 Å². The van der Waals surface area contributed by atoms with Crippen molar-refractivity contribution in [2.45, 2.75) is 13.0 Å². The second-order valence-electron chi connectivity index (χ2n) is 4.14. The summed E-state index contributed by atoms with van der Waals surface area (Å²) in [5.74, 6) is -1.52. The van der Waals surface area contributed by atoms with E-state index in [4.69, 9.17) is 5.11 Å². The second kappa shape index (κ2) is 5.62. The number of carboxylic acids is 1. The molecule has 0 bridgehead atoms. The van der Waals surface area contributed by atoms with Gasteiger partial charge in [0, 0.05) is 33.6 Å². The predicted molar refractivity (Wildman–Crippen MR) is 59.3 cm³/mol. The van der Waals surface area contributed by atoms with Crippen LogP contribution in [0.1, 0.15) is 6.92 Å². The van der Waals surface area contributed by atoms with Crippen LogP contribution in [0.2, 0.25) is 0 Å². The van der Waals surface area contributed by atoms with Crippen LogP contribution >= 0.6 is 0 Å². The molecule has 0 radical (unpaired) electrons. The van der Waals surface area contributed by atoms with E-state index in [2.05, 4.69) is 5.32 Å². The summed E-state index contributed by atoms with van der Waals surface area (Å²) >= 11 is 0. The highest BCUT2D eigenvalue weighted by molar-refractivity contribution is 5.82. The molecule has 17 heavy (non-hydrogen) atoms. The third-order valence-electron chi connectivity index (χ3n) is 2.65. The standard InChI is InChI=1S/C10H17N3O4/c1-7(14)11-8(10(16)17)5-13-4-3-12(2)9(15)6-13/h8H,3-6H2,1-2H3,(H,11,14)(H,16,17). The van der Waals surface area contributed by atoms with E-state index in [9.17, 15) is 14.4 Å². The van der Waals surface area contributed by atoms with E-state index in [0.717, 1.165) is 0 Å². The van der Waals surface area contributed by atoms with Crippen LogP contribution < -0.4 is 5.32 Å². The van der Waals surface area contributed by atoms with Crippen LogP contribution in [-0.4, -0.2) is 72.0 Å². The molecule has 0 spiro atoms. The Kier molecular flexibility index (Phi) is 4.45. The number of rotatable bonds is 4. The molecule has 0 saturated carbocycles. The number of nitrogens with zero attached hydrogens (tertiary/aromatic N) is 2. The minimum Gasteiger partial charge on any atom is -0.480 e. The Morgan fingerprint density at radius 2 is 2.12 bits per heavy atom. The summed E-state index contributed by atoms with van der Waals surface area (Å²) < 4.78 is 0. The van der Waals surface area contributed by atoms with Gasteiger partial charge in [-0.25, -0.2) is 4.79 Å². The zero-order chi connectivity index (χ0) is 13.0. The molecule has 96 valence electrons. The lowest BCUT2D eigenvalue weighted by Gasteiger charge is -2.33. The van der Waals surface area contributed by atoms with Gasteiger partial charge in [0.1, 0.15) is 6.04 Å². The summed E-state index contributed by atoms with van der Waals surface area (Å²) in [6, 6.07) is -0.969. The number of hydrogen-bond donors (Lipinski definition) is 2. The fraction of sp³-hybridized carbons (Fsp3) is 0.700. The predicted octanol–water partition coefficient (Wildman–Crippen LogP) is -1.65. The Bertz CT molecular complexity index is 332. The number of carbonyl (C=O) groups is 3. The Morgan fingerprint density at radius 1 is 1.47 bits per heavy atom. The van der Waals surface area contributed by atoms with Crippen LogP contribution in [-0.2, 0) is 14.4 Å². The molecule has 1 unspecified atom stereocenters. The average Bonchev–Trinajstić information content (AvgIpc) is 2.21. The molecule has 1 fully saturated rings. The molecule has 0 aromatic heterocycles. The molecule has 2 N–H and O–H groups in total. The maximum absolute atomic E-state index is 11.4. The quantitative estimate of drug-likeness (QED) is 0.617. The fourth-order valence-electron chi connectivity index (χ4n) is 1.65. The van der Waals surface area contributed by atoms with E-state index in [0.29, 0.717) is 13.1 Å². The van der Waals surface area contributed by atoms with Gasteiger partial charge in [0.2, 0.25) is 11.8 Å².